The van der Waals surface area contributed by atoms with Crippen LogP contribution < -0.4 is 5.32 Å². The van der Waals surface area contributed by atoms with Crippen LogP contribution in [-0.2, 0) is 16.0 Å². The predicted molar refractivity (Wildman–Crippen MR) is 89.2 cm³/mol. The zero-order valence-electron chi connectivity index (χ0n) is 14.2. The van der Waals surface area contributed by atoms with Crippen molar-refractivity contribution in [1.82, 2.24) is 10.3 Å². The molecule has 0 aliphatic carbocycles. The number of aromatic nitrogens is 1. The van der Waals surface area contributed by atoms with Gasteiger partial charge in [0.15, 0.2) is 0 Å². The van der Waals surface area contributed by atoms with E-state index in [0.717, 1.165) is 11.1 Å². The molecule has 0 radical (unpaired) electrons. The number of benzene rings is 1. The minimum absolute atomic E-state index is 0.0791. The maximum absolute atomic E-state index is 12.0. The Morgan fingerprint density at radius 1 is 1.35 bits per heavy atom. The van der Waals surface area contributed by atoms with Crippen LogP contribution in [0.1, 0.15) is 30.9 Å². The number of carbonyl (C=O) groups is 1. The average Bonchev–Trinajstić information content (AvgIpc) is 2.85. The molecule has 1 amide bonds. The summed E-state index contributed by atoms with van der Waals surface area (Å²) in [6.45, 7) is 8.79. The van der Waals surface area contributed by atoms with Crippen molar-refractivity contribution in [3.8, 4) is 11.5 Å². The van der Waals surface area contributed by atoms with Crippen LogP contribution >= 0.6 is 0 Å². The van der Waals surface area contributed by atoms with E-state index in [9.17, 15) is 4.79 Å². The van der Waals surface area contributed by atoms with E-state index in [1.165, 1.54) is 0 Å². The summed E-state index contributed by atoms with van der Waals surface area (Å²) >= 11 is 0. The van der Waals surface area contributed by atoms with Crippen molar-refractivity contribution in [2.75, 3.05) is 13.2 Å². The van der Waals surface area contributed by atoms with Crippen LogP contribution in [0.15, 0.2) is 28.7 Å². The SMILES string of the molecule is Cc1cccc(-c2nc(CC(=O)NCCOC(C)C)c(C)o2)c1. The van der Waals surface area contributed by atoms with Gasteiger partial charge in [0.05, 0.1) is 24.8 Å². The lowest BCUT2D eigenvalue weighted by Crippen LogP contribution is -2.29. The smallest absolute Gasteiger partial charge is 0.226 e. The van der Waals surface area contributed by atoms with E-state index in [4.69, 9.17) is 9.15 Å². The van der Waals surface area contributed by atoms with Crippen molar-refractivity contribution in [2.24, 2.45) is 0 Å². The third-order valence-corrected chi connectivity index (χ3v) is 3.36. The number of oxazole rings is 1. The summed E-state index contributed by atoms with van der Waals surface area (Å²) in [6.07, 6.45) is 0.379. The van der Waals surface area contributed by atoms with Crippen molar-refractivity contribution in [1.29, 1.82) is 0 Å². The first-order valence-corrected chi connectivity index (χ1v) is 7.87. The summed E-state index contributed by atoms with van der Waals surface area (Å²) in [4.78, 5) is 16.4. The molecule has 124 valence electrons. The standard InChI is InChI=1S/C18H24N2O3/c1-12(2)22-9-8-19-17(21)11-16-14(4)23-18(20-16)15-7-5-6-13(3)10-15/h5-7,10,12H,8-9,11H2,1-4H3,(H,19,21). The molecule has 5 heteroatoms. The van der Waals surface area contributed by atoms with Crippen molar-refractivity contribution in [3.05, 3.63) is 41.3 Å². The van der Waals surface area contributed by atoms with E-state index >= 15 is 0 Å². The Morgan fingerprint density at radius 3 is 2.83 bits per heavy atom. The molecule has 1 N–H and O–H groups in total. The van der Waals surface area contributed by atoms with Crippen LogP contribution in [0, 0.1) is 13.8 Å². The summed E-state index contributed by atoms with van der Waals surface area (Å²) in [5.74, 6) is 1.15. The second-order valence-electron chi connectivity index (χ2n) is 5.84. The van der Waals surface area contributed by atoms with E-state index in [1.54, 1.807) is 0 Å². The Kier molecular flexibility index (Phi) is 5.93. The molecule has 23 heavy (non-hydrogen) atoms. The first kappa shape index (κ1) is 17.2. The lowest BCUT2D eigenvalue weighted by atomic mass is 10.1. The number of hydrogen-bond donors (Lipinski definition) is 1. The molecule has 0 aliphatic rings. The van der Waals surface area contributed by atoms with Gasteiger partial charge in [-0.2, -0.15) is 0 Å². The lowest BCUT2D eigenvalue weighted by Gasteiger charge is -2.08. The predicted octanol–water partition coefficient (Wildman–Crippen LogP) is 3.04. The molecule has 0 saturated heterocycles. The fourth-order valence-corrected chi connectivity index (χ4v) is 2.19. The summed E-state index contributed by atoms with van der Waals surface area (Å²) in [5.41, 5.74) is 2.73. The van der Waals surface area contributed by atoms with Crippen LogP contribution in [0.5, 0.6) is 0 Å². The summed E-state index contributed by atoms with van der Waals surface area (Å²) in [5, 5.41) is 2.83. The molecule has 1 aromatic carbocycles. The molecule has 5 nitrogen and oxygen atoms in total. The average molecular weight is 316 g/mol. The Labute approximate surface area is 137 Å². The molecule has 1 heterocycles. The van der Waals surface area contributed by atoms with E-state index < -0.39 is 0 Å². The van der Waals surface area contributed by atoms with E-state index in [1.807, 2.05) is 52.0 Å². The molecular weight excluding hydrogens is 292 g/mol. The second kappa shape index (κ2) is 7.92. The van der Waals surface area contributed by atoms with Gasteiger partial charge in [0.1, 0.15) is 5.76 Å². The molecule has 0 fully saturated rings. The third-order valence-electron chi connectivity index (χ3n) is 3.36. The fraction of sp³-hybridized carbons (Fsp3) is 0.444. The van der Waals surface area contributed by atoms with Gasteiger partial charge in [-0.1, -0.05) is 17.7 Å². The lowest BCUT2D eigenvalue weighted by molar-refractivity contribution is -0.120. The van der Waals surface area contributed by atoms with Gasteiger partial charge in [-0.25, -0.2) is 4.98 Å². The summed E-state index contributed by atoms with van der Waals surface area (Å²) in [7, 11) is 0. The molecule has 1 aromatic heterocycles. The van der Waals surface area contributed by atoms with Crippen molar-refractivity contribution < 1.29 is 13.9 Å². The maximum Gasteiger partial charge on any atom is 0.226 e. The highest BCUT2D eigenvalue weighted by molar-refractivity contribution is 5.78. The maximum atomic E-state index is 12.0. The molecule has 0 atom stereocenters. The number of nitrogens with zero attached hydrogens (tertiary/aromatic N) is 1. The molecule has 0 saturated carbocycles. The van der Waals surface area contributed by atoms with Crippen molar-refractivity contribution >= 4 is 5.91 Å². The number of carbonyl (C=O) groups excluding carboxylic acids is 1. The number of aryl methyl sites for hydroxylation is 2. The Morgan fingerprint density at radius 2 is 2.13 bits per heavy atom. The van der Waals surface area contributed by atoms with Crippen molar-refractivity contribution in [3.63, 3.8) is 0 Å². The number of amides is 1. The highest BCUT2D eigenvalue weighted by Gasteiger charge is 2.14. The van der Waals surface area contributed by atoms with Crippen LogP contribution in [-0.4, -0.2) is 30.1 Å². The van der Waals surface area contributed by atoms with Gasteiger partial charge in [0.2, 0.25) is 11.8 Å². The third kappa shape index (κ3) is 5.21. The Balaban J connectivity index is 1.95. The minimum atomic E-state index is -0.0791. The van der Waals surface area contributed by atoms with Crippen LogP contribution in [0.2, 0.25) is 0 Å². The van der Waals surface area contributed by atoms with E-state index in [-0.39, 0.29) is 18.4 Å². The van der Waals surface area contributed by atoms with Crippen LogP contribution in [0.25, 0.3) is 11.5 Å². The zero-order chi connectivity index (χ0) is 16.8. The van der Waals surface area contributed by atoms with Crippen LogP contribution in [0.4, 0.5) is 0 Å². The van der Waals surface area contributed by atoms with Gasteiger partial charge in [-0.3, -0.25) is 4.79 Å². The largest absolute Gasteiger partial charge is 0.441 e. The van der Waals surface area contributed by atoms with Crippen molar-refractivity contribution in [2.45, 2.75) is 40.2 Å². The molecular formula is C18H24N2O3. The highest BCUT2D eigenvalue weighted by Crippen LogP contribution is 2.22. The molecule has 0 bridgehead atoms. The minimum Gasteiger partial charge on any atom is -0.441 e. The summed E-state index contributed by atoms with van der Waals surface area (Å²) < 4.78 is 11.1. The highest BCUT2D eigenvalue weighted by atomic mass is 16.5. The first-order valence-electron chi connectivity index (χ1n) is 7.87. The Bertz CT molecular complexity index is 662. The second-order valence-corrected chi connectivity index (χ2v) is 5.84. The molecule has 2 aromatic rings. The summed E-state index contributed by atoms with van der Waals surface area (Å²) in [6, 6.07) is 7.95. The Hall–Kier alpha value is -2.14. The number of ether oxygens (including phenoxy) is 1. The van der Waals surface area contributed by atoms with Gasteiger partial charge in [-0.15, -0.1) is 0 Å². The van der Waals surface area contributed by atoms with Crippen LogP contribution in [0.3, 0.4) is 0 Å². The number of hydrogen-bond acceptors (Lipinski definition) is 4. The number of rotatable bonds is 7. The molecule has 0 unspecified atom stereocenters. The van der Waals surface area contributed by atoms with Gasteiger partial charge in [0, 0.05) is 12.1 Å². The quantitative estimate of drug-likeness (QED) is 0.797. The van der Waals surface area contributed by atoms with E-state index in [0.29, 0.717) is 30.5 Å². The van der Waals surface area contributed by atoms with Gasteiger partial charge < -0.3 is 14.5 Å². The molecule has 0 aliphatic heterocycles. The first-order chi connectivity index (χ1) is 11.0. The van der Waals surface area contributed by atoms with E-state index in [2.05, 4.69) is 10.3 Å². The zero-order valence-corrected chi connectivity index (χ0v) is 14.2. The van der Waals surface area contributed by atoms with Gasteiger partial charge >= 0.3 is 0 Å². The topological polar surface area (TPSA) is 64.4 Å². The normalized spacial score (nSPS) is 11.0. The molecule has 2 rings (SSSR count). The fourth-order valence-electron chi connectivity index (χ4n) is 2.19. The number of nitrogens with one attached hydrogen (secondary N) is 1. The van der Waals surface area contributed by atoms with Gasteiger partial charge in [0.25, 0.3) is 0 Å². The molecule has 0 spiro atoms. The van der Waals surface area contributed by atoms with Gasteiger partial charge in [-0.05, 0) is 39.8 Å². The monoisotopic (exact) mass is 316 g/mol.